The highest BCUT2D eigenvalue weighted by Crippen LogP contribution is 2.43. The predicted octanol–water partition coefficient (Wildman–Crippen LogP) is 6.14. The molecule has 1 aromatic heterocycles. The third-order valence-electron chi connectivity index (χ3n) is 7.85. The summed E-state index contributed by atoms with van der Waals surface area (Å²) in [5.41, 5.74) is 2.89. The Morgan fingerprint density at radius 2 is 1.92 bits per heavy atom. The summed E-state index contributed by atoms with van der Waals surface area (Å²) in [4.78, 5) is 18.7. The predicted molar refractivity (Wildman–Crippen MR) is 136 cm³/mol. The lowest BCUT2D eigenvalue weighted by Gasteiger charge is -2.37. The Labute approximate surface area is 211 Å². The fourth-order valence-electron chi connectivity index (χ4n) is 5.35. The lowest BCUT2D eigenvalue weighted by atomic mass is 9.77. The van der Waals surface area contributed by atoms with Crippen LogP contribution in [-0.4, -0.2) is 39.1 Å². The van der Waals surface area contributed by atoms with Crippen LogP contribution < -0.4 is 0 Å². The van der Waals surface area contributed by atoms with E-state index in [1.54, 1.807) is 29.2 Å². The summed E-state index contributed by atoms with van der Waals surface area (Å²) in [7, 11) is 0. The molecule has 6 nitrogen and oxygen atoms in total. The van der Waals surface area contributed by atoms with Gasteiger partial charge in [0, 0.05) is 48.5 Å². The minimum Gasteiger partial charge on any atom is -0.338 e. The van der Waals surface area contributed by atoms with Crippen molar-refractivity contribution in [3.8, 4) is 17.5 Å². The van der Waals surface area contributed by atoms with E-state index in [0.29, 0.717) is 41.5 Å². The van der Waals surface area contributed by atoms with E-state index in [-0.39, 0.29) is 24.7 Å². The minimum absolute atomic E-state index is 0.0897. The molecule has 1 saturated heterocycles. The summed E-state index contributed by atoms with van der Waals surface area (Å²) < 4.78 is 15.9. The number of aryl methyl sites for hydroxylation is 1. The molecule has 3 aromatic rings. The summed E-state index contributed by atoms with van der Waals surface area (Å²) in [6, 6.07) is 13.0. The third kappa shape index (κ3) is 4.30. The zero-order chi connectivity index (χ0) is 25.4. The molecule has 7 heteroatoms. The topological polar surface area (TPSA) is 85.7 Å². The van der Waals surface area contributed by atoms with Gasteiger partial charge in [0.25, 0.3) is 5.91 Å². The first-order valence-corrected chi connectivity index (χ1v) is 12.9. The largest absolute Gasteiger partial charge is 0.338 e. The zero-order valence-corrected chi connectivity index (χ0v) is 21.1. The second kappa shape index (κ2) is 9.50. The Morgan fingerprint density at radius 3 is 2.53 bits per heavy atom. The number of hydrogen-bond donors (Lipinski definition) is 1. The zero-order valence-electron chi connectivity index (χ0n) is 21.1. The summed E-state index contributed by atoms with van der Waals surface area (Å²) >= 11 is 0. The highest BCUT2D eigenvalue weighted by atomic mass is 19.1. The van der Waals surface area contributed by atoms with Crippen molar-refractivity contribution in [2.75, 3.05) is 13.1 Å². The molecule has 1 aliphatic heterocycles. The number of alkyl halides is 1. The van der Waals surface area contributed by atoms with E-state index in [1.165, 1.54) is 12.0 Å². The van der Waals surface area contributed by atoms with Crippen LogP contribution in [0.2, 0.25) is 0 Å². The van der Waals surface area contributed by atoms with E-state index >= 15 is 4.39 Å². The van der Waals surface area contributed by atoms with Crippen molar-refractivity contribution in [2.24, 2.45) is 0 Å². The van der Waals surface area contributed by atoms with Crippen LogP contribution in [0, 0.1) is 18.3 Å². The van der Waals surface area contributed by atoms with Crippen LogP contribution in [-0.2, 0) is 5.67 Å². The summed E-state index contributed by atoms with van der Waals surface area (Å²) in [5, 5.41) is 18.2. The maximum absolute atomic E-state index is 15.9. The fourth-order valence-corrected chi connectivity index (χ4v) is 5.35. The van der Waals surface area contributed by atoms with Crippen LogP contribution >= 0.6 is 0 Å². The van der Waals surface area contributed by atoms with Crippen molar-refractivity contribution in [3.63, 3.8) is 0 Å². The molecular formula is C29H32FN5O. The van der Waals surface area contributed by atoms with Gasteiger partial charge in [-0.15, -0.1) is 10.2 Å². The first-order chi connectivity index (χ1) is 17.3. The molecule has 0 unspecified atom stereocenters. The number of nitrogens with zero attached hydrogens (tertiary/aromatic N) is 4. The number of aromatic amines is 1. The number of likely N-dealkylation sites (tertiary alicyclic amines) is 1. The highest BCUT2D eigenvalue weighted by Gasteiger charge is 2.39. The smallest absolute Gasteiger partial charge is 0.254 e. The highest BCUT2D eigenvalue weighted by molar-refractivity contribution is 5.97. The van der Waals surface area contributed by atoms with Crippen LogP contribution in [0.25, 0.3) is 11.4 Å². The molecule has 186 valence electrons. The number of nitriles is 1. The van der Waals surface area contributed by atoms with E-state index in [2.05, 4.69) is 41.2 Å². The normalized spacial score (nSPS) is 17.6. The van der Waals surface area contributed by atoms with E-state index < -0.39 is 5.67 Å². The molecule has 1 N–H and O–H groups in total. The van der Waals surface area contributed by atoms with Crippen LogP contribution in [0.3, 0.4) is 0 Å². The molecule has 5 rings (SSSR count). The van der Waals surface area contributed by atoms with E-state index in [1.807, 2.05) is 13.0 Å². The number of amides is 1. The Morgan fingerprint density at radius 1 is 1.19 bits per heavy atom. The number of aromatic nitrogens is 3. The van der Waals surface area contributed by atoms with Crippen molar-refractivity contribution in [2.45, 2.75) is 70.4 Å². The van der Waals surface area contributed by atoms with Gasteiger partial charge < -0.3 is 9.88 Å². The second-order valence-electron chi connectivity index (χ2n) is 10.5. The minimum atomic E-state index is -1.61. The quantitative estimate of drug-likeness (QED) is 0.470. The van der Waals surface area contributed by atoms with Crippen molar-refractivity contribution < 1.29 is 9.18 Å². The molecule has 2 aromatic carbocycles. The number of halogens is 1. The molecule has 2 aliphatic rings. The van der Waals surface area contributed by atoms with Crippen LogP contribution in [0.15, 0.2) is 36.4 Å². The lowest BCUT2D eigenvalue weighted by molar-refractivity contribution is 0.0420. The number of carbonyl (C=O) groups is 1. The molecule has 2 heterocycles. The number of nitrogens with one attached hydrogen (secondary N) is 1. The summed E-state index contributed by atoms with van der Waals surface area (Å²) in [6.07, 6.45) is 3.83. The van der Waals surface area contributed by atoms with Gasteiger partial charge >= 0.3 is 0 Å². The van der Waals surface area contributed by atoms with Gasteiger partial charge in [-0.2, -0.15) is 5.26 Å². The van der Waals surface area contributed by atoms with Crippen LogP contribution in [0.4, 0.5) is 4.39 Å². The molecule has 36 heavy (non-hydrogen) atoms. The van der Waals surface area contributed by atoms with Gasteiger partial charge in [-0.1, -0.05) is 44.5 Å². The first-order valence-electron chi connectivity index (χ1n) is 12.9. The second-order valence-corrected chi connectivity index (χ2v) is 10.5. The maximum atomic E-state index is 15.9. The van der Waals surface area contributed by atoms with Gasteiger partial charge in [0.2, 0.25) is 0 Å². The standard InChI is InChI=1S/C29H32FN5O/c1-18(2)26-32-27(34-33-26)24-16-22(19(3)15-23(24)20-8-6-9-20)28(36)35-13-11-29(30,12-14-35)25-10-5-4-7-21(25)17-31/h4-5,7,10,15-16,18,20H,6,8-9,11-14H2,1-3H3,(H,32,33,34). The molecule has 0 atom stereocenters. The van der Waals surface area contributed by atoms with Crippen LogP contribution in [0.1, 0.15) is 96.2 Å². The van der Waals surface area contributed by atoms with E-state index in [9.17, 15) is 10.1 Å². The first kappa shape index (κ1) is 24.2. The van der Waals surface area contributed by atoms with E-state index in [0.717, 1.165) is 29.8 Å². The molecule has 2 fully saturated rings. The summed E-state index contributed by atoms with van der Waals surface area (Å²) in [5.74, 6) is 2.13. The summed E-state index contributed by atoms with van der Waals surface area (Å²) in [6.45, 7) is 6.71. The van der Waals surface area contributed by atoms with Gasteiger partial charge in [-0.05, 0) is 48.9 Å². The Kier molecular flexibility index (Phi) is 6.38. The Hall–Kier alpha value is -3.53. The number of H-pyrrole nitrogens is 1. The Balaban J connectivity index is 1.42. The molecule has 1 amide bonds. The van der Waals surface area contributed by atoms with Gasteiger partial charge in [-0.25, -0.2) is 4.39 Å². The lowest BCUT2D eigenvalue weighted by Crippen LogP contribution is -2.43. The molecular weight excluding hydrogens is 453 g/mol. The van der Waals surface area contributed by atoms with Crippen molar-refractivity contribution >= 4 is 5.91 Å². The maximum Gasteiger partial charge on any atom is 0.254 e. The molecule has 0 bridgehead atoms. The number of rotatable bonds is 5. The Bertz CT molecular complexity index is 1330. The molecule has 0 spiro atoms. The van der Waals surface area contributed by atoms with Gasteiger partial charge in [0.1, 0.15) is 11.5 Å². The molecule has 0 radical (unpaired) electrons. The number of benzene rings is 2. The van der Waals surface area contributed by atoms with Gasteiger partial charge in [0.05, 0.1) is 11.6 Å². The van der Waals surface area contributed by atoms with Crippen molar-refractivity contribution in [1.29, 1.82) is 5.26 Å². The number of hydrogen-bond acceptors (Lipinski definition) is 4. The van der Waals surface area contributed by atoms with Gasteiger partial charge in [0.15, 0.2) is 5.82 Å². The SMILES string of the molecule is Cc1cc(C2CCC2)c(-c2nnc(C(C)C)[nH]2)cc1C(=O)N1CCC(F)(c2ccccc2C#N)CC1. The third-order valence-corrected chi connectivity index (χ3v) is 7.85. The van der Waals surface area contributed by atoms with Gasteiger partial charge in [-0.3, -0.25) is 4.79 Å². The average Bonchev–Trinajstić information content (AvgIpc) is 3.34. The monoisotopic (exact) mass is 485 g/mol. The molecule has 1 aliphatic carbocycles. The fraction of sp³-hybridized carbons (Fsp3) is 0.448. The number of piperidine rings is 1. The van der Waals surface area contributed by atoms with Crippen molar-refractivity contribution in [1.82, 2.24) is 20.1 Å². The average molecular weight is 486 g/mol. The molecule has 1 saturated carbocycles. The van der Waals surface area contributed by atoms with E-state index in [4.69, 9.17) is 0 Å². The van der Waals surface area contributed by atoms with Crippen molar-refractivity contribution in [3.05, 3.63) is 70.0 Å². The number of carbonyl (C=O) groups excluding carboxylic acids is 1. The van der Waals surface area contributed by atoms with Crippen LogP contribution in [0.5, 0.6) is 0 Å².